The number of amides is 1. The number of anilines is 1. The monoisotopic (exact) mass is 393 g/mol. The van der Waals surface area contributed by atoms with Crippen LogP contribution in [-0.2, 0) is 4.79 Å². The summed E-state index contributed by atoms with van der Waals surface area (Å²) in [6.07, 6.45) is 0.325. The van der Waals surface area contributed by atoms with Gasteiger partial charge in [-0.3, -0.25) is 4.79 Å². The second-order valence-corrected chi connectivity index (χ2v) is 6.94. The summed E-state index contributed by atoms with van der Waals surface area (Å²) >= 11 is 0. The van der Waals surface area contributed by atoms with Crippen LogP contribution in [0.4, 0.5) is 5.69 Å². The highest BCUT2D eigenvalue weighted by molar-refractivity contribution is 5.97. The van der Waals surface area contributed by atoms with Crippen molar-refractivity contribution < 1.29 is 18.8 Å². The summed E-state index contributed by atoms with van der Waals surface area (Å²) < 4.78 is 16.5. The molecule has 0 aliphatic carbocycles. The van der Waals surface area contributed by atoms with Crippen molar-refractivity contribution in [2.75, 3.05) is 25.2 Å². The highest BCUT2D eigenvalue weighted by Gasteiger charge is 2.36. The molecule has 1 atom stereocenters. The van der Waals surface area contributed by atoms with Crippen molar-refractivity contribution in [1.82, 2.24) is 10.1 Å². The van der Waals surface area contributed by atoms with E-state index in [0.717, 1.165) is 22.6 Å². The average molecular weight is 393 g/mol. The number of nitrogens with zero attached hydrogens (tertiary/aromatic N) is 3. The van der Waals surface area contributed by atoms with Gasteiger partial charge in [0.1, 0.15) is 11.5 Å². The van der Waals surface area contributed by atoms with Crippen molar-refractivity contribution in [3.05, 3.63) is 53.9 Å². The number of methoxy groups -OCH3 is 1. The number of benzene rings is 2. The molecule has 1 saturated heterocycles. The molecule has 7 nitrogen and oxygen atoms in total. The molecule has 29 heavy (non-hydrogen) atoms. The SMILES string of the molecule is CCOc1ccccc1-c1noc(C2CC(=O)N(c3cc(OC)ccc3C)C2)n1. The largest absolute Gasteiger partial charge is 0.497 e. The van der Waals surface area contributed by atoms with Crippen LogP contribution in [0.2, 0.25) is 0 Å². The van der Waals surface area contributed by atoms with E-state index in [2.05, 4.69) is 10.1 Å². The van der Waals surface area contributed by atoms with E-state index in [9.17, 15) is 4.79 Å². The van der Waals surface area contributed by atoms with E-state index in [4.69, 9.17) is 14.0 Å². The van der Waals surface area contributed by atoms with Crippen molar-refractivity contribution in [3.63, 3.8) is 0 Å². The number of carbonyl (C=O) groups is 1. The first-order chi connectivity index (χ1) is 14.1. The summed E-state index contributed by atoms with van der Waals surface area (Å²) in [6, 6.07) is 13.3. The fourth-order valence-electron chi connectivity index (χ4n) is 3.56. The van der Waals surface area contributed by atoms with Crippen molar-refractivity contribution in [2.45, 2.75) is 26.2 Å². The molecule has 2 heterocycles. The fraction of sp³-hybridized carbons (Fsp3) is 0.318. The lowest BCUT2D eigenvalue weighted by Gasteiger charge is -2.19. The summed E-state index contributed by atoms with van der Waals surface area (Å²) in [6.45, 7) is 4.94. The third-order valence-electron chi connectivity index (χ3n) is 5.05. The molecule has 150 valence electrons. The van der Waals surface area contributed by atoms with Crippen molar-refractivity contribution in [1.29, 1.82) is 0 Å². The van der Waals surface area contributed by atoms with Crippen LogP contribution in [0.15, 0.2) is 47.0 Å². The van der Waals surface area contributed by atoms with Crippen molar-refractivity contribution in [3.8, 4) is 22.9 Å². The number of carbonyl (C=O) groups excluding carboxylic acids is 1. The smallest absolute Gasteiger partial charge is 0.232 e. The van der Waals surface area contributed by atoms with Gasteiger partial charge in [-0.05, 0) is 37.6 Å². The first-order valence-corrected chi connectivity index (χ1v) is 9.61. The van der Waals surface area contributed by atoms with Gasteiger partial charge in [0.25, 0.3) is 0 Å². The van der Waals surface area contributed by atoms with Gasteiger partial charge in [0.15, 0.2) is 0 Å². The lowest BCUT2D eigenvalue weighted by molar-refractivity contribution is -0.117. The number of aryl methyl sites for hydroxylation is 1. The van der Waals surface area contributed by atoms with E-state index in [1.165, 1.54) is 0 Å². The minimum Gasteiger partial charge on any atom is -0.497 e. The zero-order valence-corrected chi connectivity index (χ0v) is 16.7. The van der Waals surface area contributed by atoms with Gasteiger partial charge in [-0.15, -0.1) is 0 Å². The quantitative estimate of drug-likeness (QED) is 0.631. The van der Waals surface area contributed by atoms with Crippen LogP contribution >= 0.6 is 0 Å². The van der Waals surface area contributed by atoms with Gasteiger partial charge in [0.2, 0.25) is 17.6 Å². The number of aromatic nitrogens is 2. The Morgan fingerprint density at radius 3 is 2.86 bits per heavy atom. The minimum atomic E-state index is -0.159. The Bertz CT molecular complexity index is 1030. The van der Waals surface area contributed by atoms with E-state index >= 15 is 0 Å². The summed E-state index contributed by atoms with van der Waals surface area (Å²) in [4.78, 5) is 19.0. The molecule has 1 aromatic heterocycles. The third-order valence-corrected chi connectivity index (χ3v) is 5.05. The summed E-state index contributed by atoms with van der Waals surface area (Å²) in [5.41, 5.74) is 2.63. The zero-order valence-electron chi connectivity index (χ0n) is 16.7. The highest BCUT2D eigenvalue weighted by Crippen LogP contribution is 2.36. The molecule has 1 fully saturated rings. The first kappa shape index (κ1) is 19.0. The lowest BCUT2D eigenvalue weighted by atomic mass is 10.1. The Morgan fingerprint density at radius 2 is 2.07 bits per heavy atom. The summed E-state index contributed by atoms with van der Waals surface area (Å²) in [5, 5.41) is 4.13. The molecular formula is C22H23N3O4. The normalized spacial score (nSPS) is 16.3. The molecule has 1 amide bonds. The van der Waals surface area contributed by atoms with Gasteiger partial charge in [-0.1, -0.05) is 23.4 Å². The Labute approximate surface area is 169 Å². The molecule has 7 heteroatoms. The van der Waals surface area contributed by atoms with Gasteiger partial charge in [-0.2, -0.15) is 4.98 Å². The molecule has 2 aromatic carbocycles. The van der Waals surface area contributed by atoms with E-state index in [1.54, 1.807) is 12.0 Å². The predicted molar refractivity (Wildman–Crippen MR) is 108 cm³/mol. The summed E-state index contributed by atoms with van der Waals surface area (Å²) in [7, 11) is 1.61. The highest BCUT2D eigenvalue weighted by atomic mass is 16.5. The Balaban J connectivity index is 1.58. The van der Waals surface area contributed by atoms with E-state index in [0.29, 0.717) is 37.0 Å². The zero-order chi connectivity index (χ0) is 20.4. The minimum absolute atomic E-state index is 0.0285. The second kappa shape index (κ2) is 7.95. The predicted octanol–water partition coefficient (Wildman–Crippen LogP) is 3.97. The molecule has 1 aliphatic rings. The van der Waals surface area contributed by atoms with Crippen molar-refractivity contribution in [2.24, 2.45) is 0 Å². The van der Waals surface area contributed by atoms with Crippen LogP contribution in [0.1, 0.15) is 30.7 Å². The van der Waals surface area contributed by atoms with Crippen LogP contribution in [0, 0.1) is 6.92 Å². The van der Waals surface area contributed by atoms with Gasteiger partial charge in [-0.25, -0.2) is 0 Å². The maximum absolute atomic E-state index is 12.7. The molecular weight excluding hydrogens is 370 g/mol. The van der Waals surface area contributed by atoms with E-state index in [1.807, 2.05) is 56.3 Å². The second-order valence-electron chi connectivity index (χ2n) is 6.94. The number of rotatable bonds is 6. The number of hydrogen-bond acceptors (Lipinski definition) is 6. The molecule has 0 spiro atoms. The van der Waals surface area contributed by atoms with E-state index in [-0.39, 0.29) is 11.8 Å². The van der Waals surface area contributed by atoms with Crippen LogP contribution in [0.3, 0.4) is 0 Å². The maximum Gasteiger partial charge on any atom is 0.232 e. The first-order valence-electron chi connectivity index (χ1n) is 9.61. The number of para-hydroxylation sites is 1. The summed E-state index contributed by atoms with van der Waals surface area (Å²) in [5.74, 6) is 2.22. The van der Waals surface area contributed by atoms with Gasteiger partial charge in [0, 0.05) is 19.0 Å². The number of ether oxygens (including phenoxy) is 2. The molecule has 0 saturated carbocycles. The molecule has 1 unspecified atom stereocenters. The van der Waals surface area contributed by atoms with Gasteiger partial charge >= 0.3 is 0 Å². The van der Waals surface area contributed by atoms with Crippen LogP contribution in [-0.4, -0.2) is 36.3 Å². The average Bonchev–Trinajstić information content (AvgIpc) is 3.36. The fourth-order valence-corrected chi connectivity index (χ4v) is 3.56. The maximum atomic E-state index is 12.7. The molecule has 0 N–H and O–H groups in total. The standard InChI is InChI=1S/C22H23N3O4/c1-4-28-19-8-6-5-7-17(19)21-23-22(29-24-21)15-11-20(26)25(13-15)18-12-16(27-3)10-9-14(18)2/h5-10,12,15H,4,11,13H2,1-3H3. The lowest BCUT2D eigenvalue weighted by Crippen LogP contribution is -2.25. The molecule has 1 aliphatic heterocycles. The third kappa shape index (κ3) is 3.68. The molecule has 3 aromatic rings. The topological polar surface area (TPSA) is 77.7 Å². The van der Waals surface area contributed by atoms with Crippen LogP contribution < -0.4 is 14.4 Å². The Hall–Kier alpha value is -3.35. The molecule has 0 bridgehead atoms. The molecule has 0 radical (unpaired) electrons. The number of hydrogen-bond donors (Lipinski definition) is 0. The van der Waals surface area contributed by atoms with Crippen LogP contribution in [0.5, 0.6) is 11.5 Å². The molecule has 4 rings (SSSR count). The Kier molecular flexibility index (Phi) is 5.20. The van der Waals surface area contributed by atoms with Gasteiger partial charge < -0.3 is 18.9 Å². The Morgan fingerprint density at radius 1 is 1.24 bits per heavy atom. The van der Waals surface area contributed by atoms with Gasteiger partial charge in [0.05, 0.1) is 30.9 Å². The van der Waals surface area contributed by atoms with Crippen LogP contribution in [0.25, 0.3) is 11.4 Å². The van der Waals surface area contributed by atoms with E-state index < -0.39 is 0 Å². The van der Waals surface area contributed by atoms with Crippen molar-refractivity contribution >= 4 is 11.6 Å².